The highest BCUT2D eigenvalue weighted by atomic mass is 35.5. The summed E-state index contributed by atoms with van der Waals surface area (Å²) in [6, 6.07) is 4.45. The Morgan fingerprint density at radius 1 is 1.40 bits per heavy atom. The van der Waals surface area contributed by atoms with Gasteiger partial charge in [0.05, 0.1) is 10.6 Å². The molecule has 3 heterocycles. The van der Waals surface area contributed by atoms with Gasteiger partial charge in [-0.15, -0.1) is 24.2 Å². The van der Waals surface area contributed by atoms with Crippen molar-refractivity contribution >= 4 is 46.8 Å². The molecular formula is C17H22ClN5OS. The molecule has 25 heavy (non-hydrogen) atoms. The molecule has 4 N–H and O–H groups in total. The number of rotatable bonds is 3. The maximum Gasteiger partial charge on any atom is 0.259 e. The van der Waals surface area contributed by atoms with Crippen LogP contribution >= 0.6 is 24.2 Å². The van der Waals surface area contributed by atoms with E-state index >= 15 is 0 Å². The van der Waals surface area contributed by atoms with Gasteiger partial charge in [0.1, 0.15) is 5.65 Å². The number of nitrogens with one attached hydrogen (secondary N) is 2. The minimum absolute atomic E-state index is 0. The summed E-state index contributed by atoms with van der Waals surface area (Å²) in [5, 5.41) is 4.20. The molecule has 6 nitrogen and oxygen atoms in total. The molecule has 0 unspecified atom stereocenters. The van der Waals surface area contributed by atoms with E-state index < -0.39 is 0 Å². The number of fused-ring (bicyclic) bond motifs is 1. The van der Waals surface area contributed by atoms with Crippen molar-refractivity contribution in [2.45, 2.75) is 31.3 Å². The Morgan fingerprint density at radius 3 is 3.08 bits per heavy atom. The summed E-state index contributed by atoms with van der Waals surface area (Å²) < 4.78 is 0. The van der Waals surface area contributed by atoms with Gasteiger partial charge in [-0.05, 0) is 31.4 Å². The first kappa shape index (κ1) is 18.1. The molecule has 1 saturated carbocycles. The molecule has 0 saturated heterocycles. The molecule has 1 aliphatic heterocycles. The molecular weight excluding hydrogens is 358 g/mol. The molecule has 4 rings (SSSR count). The first-order valence-electron chi connectivity index (χ1n) is 8.30. The zero-order valence-corrected chi connectivity index (χ0v) is 15.4. The predicted octanol–water partition coefficient (Wildman–Crippen LogP) is 2.38. The Labute approximate surface area is 157 Å². The van der Waals surface area contributed by atoms with Crippen LogP contribution in [0.1, 0.15) is 19.3 Å². The molecule has 134 valence electrons. The number of pyridine rings is 1. The summed E-state index contributed by atoms with van der Waals surface area (Å²) in [6.07, 6.45) is 8.49. The molecule has 2 aliphatic rings. The lowest BCUT2D eigenvalue weighted by Gasteiger charge is -2.27. The summed E-state index contributed by atoms with van der Waals surface area (Å²) >= 11 is 1.61. The summed E-state index contributed by atoms with van der Waals surface area (Å²) in [4.78, 5) is 22.9. The van der Waals surface area contributed by atoms with Crippen molar-refractivity contribution in [3.63, 3.8) is 0 Å². The van der Waals surface area contributed by atoms with Gasteiger partial charge >= 0.3 is 0 Å². The van der Waals surface area contributed by atoms with Crippen molar-refractivity contribution < 1.29 is 4.79 Å². The van der Waals surface area contributed by atoms with E-state index in [9.17, 15) is 4.79 Å². The molecule has 0 aromatic carbocycles. The maximum absolute atomic E-state index is 12.6. The lowest BCUT2D eigenvalue weighted by molar-refractivity contribution is -0.117. The number of nitrogens with zero attached hydrogens (tertiary/aromatic N) is 2. The fourth-order valence-corrected chi connectivity index (χ4v) is 4.31. The number of carbonyl (C=O) groups is 1. The molecule has 0 spiro atoms. The van der Waals surface area contributed by atoms with E-state index in [1.54, 1.807) is 18.0 Å². The van der Waals surface area contributed by atoms with Crippen molar-refractivity contribution in [3.8, 4) is 0 Å². The van der Waals surface area contributed by atoms with E-state index in [1.165, 1.54) is 0 Å². The van der Waals surface area contributed by atoms with Gasteiger partial charge < -0.3 is 20.9 Å². The second-order valence-corrected chi connectivity index (χ2v) is 7.49. The molecule has 0 bridgehead atoms. The average Bonchev–Trinajstić information content (AvgIpc) is 3.23. The Morgan fingerprint density at radius 2 is 2.28 bits per heavy atom. The van der Waals surface area contributed by atoms with Crippen LogP contribution in [0.5, 0.6) is 0 Å². The van der Waals surface area contributed by atoms with Gasteiger partial charge in [-0.1, -0.05) is 0 Å². The normalized spacial score (nSPS) is 23.2. The molecule has 1 aliphatic carbocycles. The van der Waals surface area contributed by atoms with Crippen LogP contribution in [0.25, 0.3) is 11.0 Å². The number of aromatic nitrogens is 2. The van der Waals surface area contributed by atoms with Crippen molar-refractivity contribution in [2.75, 3.05) is 17.2 Å². The Hall–Kier alpha value is -1.70. The summed E-state index contributed by atoms with van der Waals surface area (Å²) in [7, 11) is 0. The molecule has 2 aromatic heterocycles. The van der Waals surface area contributed by atoms with Crippen molar-refractivity contribution in [1.29, 1.82) is 0 Å². The first-order chi connectivity index (χ1) is 11.7. The van der Waals surface area contributed by atoms with E-state index in [-0.39, 0.29) is 30.4 Å². The molecule has 8 heteroatoms. The van der Waals surface area contributed by atoms with Crippen LogP contribution < -0.4 is 16.0 Å². The highest BCUT2D eigenvalue weighted by molar-refractivity contribution is 8.04. The second kappa shape index (κ2) is 7.68. The van der Waals surface area contributed by atoms with E-state index in [4.69, 9.17) is 5.73 Å². The van der Waals surface area contributed by atoms with Gasteiger partial charge in [-0.2, -0.15) is 0 Å². The van der Waals surface area contributed by atoms with E-state index in [2.05, 4.69) is 20.2 Å². The average molecular weight is 380 g/mol. The Bertz CT molecular complexity index is 792. The van der Waals surface area contributed by atoms with E-state index in [1.807, 2.05) is 24.5 Å². The zero-order valence-electron chi connectivity index (χ0n) is 13.8. The van der Waals surface area contributed by atoms with Crippen LogP contribution in [0.4, 0.5) is 5.69 Å². The van der Waals surface area contributed by atoms with Gasteiger partial charge in [-0.25, -0.2) is 4.98 Å². The summed E-state index contributed by atoms with van der Waals surface area (Å²) in [6.45, 7) is 0.875. The molecule has 1 amide bonds. The topological polar surface area (TPSA) is 87.0 Å². The molecule has 0 radical (unpaired) electrons. The largest absolute Gasteiger partial charge is 0.349 e. The SMILES string of the molecule is Cl.N[C@@H]1CC[C@H](NC(=O)C2=CN(c3ccnc4[nH]ccc34)CCS2)C1. The van der Waals surface area contributed by atoms with Crippen molar-refractivity contribution in [2.24, 2.45) is 5.73 Å². The van der Waals surface area contributed by atoms with Gasteiger partial charge in [0.25, 0.3) is 5.91 Å². The monoisotopic (exact) mass is 379 g/mol. The minimum Gasteiger partial charge on any atom is -0.349 e. The number of thioether (sulfide) groups is 1. The number of H-pyrrole nitrogens is 1. The minimum atomic E-state index is 0. The fraction of sp³-hybridized carbons (Fsp3) is 0.412. The van der Waals surface area contributed by atoms with Gasteiger partial charge in [-0.3, -0.25) is 4.79 Å². The third-order valence-electron chi connectivity index (χ3n) is 4.64. The number of nitrogens with two attached hydrogens (primary N) is 1. The number of carbonyl (C=O) groups excluding carboxylic acids is 1. The molecule has 1 fully saturated rings. The number of hydrogen-bond donors (Lipinski definition) is 3. The zero-order chi connectivity index (χ0) is 16.5. The summed E-state index contributed by atoms with van der Waals surface area (Å²) in [5.74, 6) is 0.903. The number of halogens is 1. The Kier molecular flexibility index (Phi) is 5.56. The van der Waals surface area contributed by atoms with Crippen LogP contribution in [0.2, 0.25) is 0 Å². The third-order valence-corrected chi connectivity index (χ3v) is 5.63. The van der Waals surface area contributed by atoms with Crippen LogP contribution in [-0.2, 0) is 4.79 Å². The number of anilines is 1. The quantitative estimate of drug-likeness (QED) is 0.762. The van der Waals surface area contributed by atoms with Gasteiger partial charge in [0.15, 0.2) is 0 Å². The number of amides is 1. The van der Waals surface area contributed by atoms with E-state index in [0.717, 1.165) is 53.2 Å². The lowest BCUT2D eigenvalue weighted by Crippen LogP contribution is -2.36. The standard InChI is InChI=1S/C17H21N5OS.ClH/c18-11-1-2-12(9-11)21-17(23)15-10-22(7-8-24-15)14-4-6-20-16-13(14)3-5-19-16;/h3-6,10-12H,1-2,7-9,18H2,(H,19,20)(H,21,23);1H/t11-,12+;/m1./s1. The predicted molar refractivity (Wildman–Crippen MR) is 105 cm³/mol. The van der Waals surface area contributed by atoms with Gasteiger partial charge in [0, 0.05) is 48.4 Å². The first-order valence-corrected chi connectivity index (χ1v) is 9.29. The van der Waals surface area contributed by atoms with Crippen LogP contribution in [0.3, 0.4) is 0 Å². The van der Waals surface area contributed by atoms with Crippen LogP contribution in [-0.4, -0.2) is 40.3 Å². The molecule has 2 atom stereocenters. The van der Waals surface area contributed by atoms with Crippen LogP contribution in [0.15, 0.2) is 35.6 Å². The third kappa shape index (κ3) is 3.78. The summed E-state index contributed by atoms with van der Waals surface area (Å²) in [5.41, 5.74) is 7.88. The van der Waals surface area contributed by atoms with Gasteiger partial charge in [0.2, 0.25) is 0 Å². The highest BCUT2D eigenvalue weighted by Crippen LogP contribution is 2.30. The van der Waals surface area contributed by atoms with E-state index in [0.29, 0.717) is 0 Å². The lowest BCUT2D eigenvalue weighted by atomic mass is 10.2. The smallest absolute Gasteiger partial charge is 0.259 e. The molecule has 2 aromatic rings. The number of hydrogen-bond acceptors (Lipinski definition) is 5. The fourth-order valence-electron chi connectivity index (χ4n) is 3.41. The number of aromatic amines is 1. The van der Waals surface area contributed by atoms with Crippen LogP contribution in [0, 0.1) is 0 Å². The maximum atomic E-state index is 12.6. The van der Waals surface area contributed by atoms with Crippen molar-refractivity contribution in [1.82, 2.24) is 15.3 Å². The Balaban J connectivity index is 0.00000182. The highest BCUT2D eigenvalue weighted by Gasteiger charge is 2.26. The van der Waals surface area contributed by atoms with Crippen molar-refractivity contribution in [3.05, 3.63) is 35.6 Å². The second-order valence-electron chi connectivity index (χ2n) is 6.35.